The van der Waals surface area contributed by atoms with E-state index in [1.165, 1.54) is 70.0 Å². The number of benzene rings is 4. The summed E-state index contributed by atoms with van der Waals surface area (Å²) in [6, 6.07) is 20.3. The predicted octanol–water partition coefficient (Wildman–Crippen LogP) is 8.44. The van der Waals surface area contributed by atoms with Gasteiger partial charge in [-0.15, -0.1) is 0 Å². The average Bonchev–Trinajstić information content (AvgIpc) is 2.77. The highest BCUT2D eigenvalue weighted by atomic mass is 16.5. The van der Waals surface area contributed by atoms with Gasteiger partial charge < -0.3 is 4.74 Å². The molecule has 30 heavy (non-hydrogen) atoms. The first-order chi connectivity index (χ1) is 14.5. The van der Waals surface area contributed by atoms with Crippen LogP contribution in [0.1, 0.15) is 65.4 Å². The van der Waals surface area contributed by atoms with Gasteiger partial charge in [-0.1, -0.05) is 68.8 Å². The summed E-state index contributed by atoms with van der Waals surface area (Å²) in [6.45, 7) is 9.28. The Balaban J connectivity index is 1.52. The van der Waals surface area contributed by atoms with Crippen molar-refractivity contribution in [3.63, 3.8) is 0 Å². The van der Waals surface area contributed by atoms with Crippen molar-refractivity contribution >= 4 is 32.3 Å². The fourth-order valence-corrected chi connectivity index (χ4v) is 5.85. The van der Waals surface area contributed by atoms with Crippen LogP contribution >= 0.6 is 0 Å². The summed E-state index contributed by atoms with van der Waals surface area (Å²) in [5.41, 5.74) is 1.01. The second-order valence-electron chi connectivity index (χ2n) is 10.0. The SMILES string of the molecule is CCC(C)C1CCC(OC(C)(C)c2cc3cccc4ccc5cccc2c5c43)CC1. The van der Waals surface area contributed by atoms with Gasteiger partial charge in [-0.05, 0) is 95.3 Å². The monoisotopic (exact) mass is 398 g/mol. The van der Waals surface area contributed by atoms with Gasteiger partial charge in [0.05, 0.1) is 11.7 Å². The van der Waals surface area contributed by atoms with Crippen molar-refractivity contribution < 1.29 is 4.74 Å². The maximum atomic E-state index is 6.85. The maximum absolute atomic E-state index is 6.85. The van der Waals surface area contributed by atoms with Crippen LogP contribution in [0.4, 0.5) is 0 Å². The Bertz CT molecular complexity index is 1160. The first-order valence-corrected chi connectivity index (χ1v) is 11.8. The molecule has 1 heteroatoms. The van der Waals surface area contributed by atoms with Crippen molar-refractivity contribution in [2.24, 2.45) is 11.8 Å². The van der Waals surface area contributed by atoms with Crippen LogP contribution in [0.5, 0.6) is 0 Å². The zero-order chi connectivity index (χ0) is 20.9. The normalized spacial score (nSPS) is 21.6. The first kappa shape index (κ1) is 19.8. The highest BCUT2D eigenvalue weighted by molar-refractivity contribution is 6.23. The Morgan fingerprint density at radius 2 is 1.50 bits per heavy atom. The Morgan fingerprint density at radius 1 is 0.867 bits per heavy atom. The van der Waals surface area contributed by atoms with Crippen LogP contribution < -0.4 is 0 Å². The molecule has 0 amide bonds. The van der Waals surface area contributed by atoms with Crippen molar-refractivity contribution in [2.75, 3.05) is 0 Å². The van der Waals surface area contributed by atoms with Crippen LogP contribution in [0.2, 0.25) is 0 Å². The number of rotatable bonds is 5. The third-order valence-corrected chi connectivity index (χ3v) is 7.79. The van der Waals surface area contributed by atoms with Crippen LogP contribution in [0.3, 0.4) is 0 Å². The molecule has 1 aliphatic carbocycles. The van der Waals surface area contributed by atoms with Gasteiger partial charge in [-0.2, -0.15) is 0 Å². The summed E-state index contributed by atoms with van der Waals surface area (Å²) in [7, 11) is 0. The minimum atomic E-state index is -0.308. The molecular formula is C29H34O. The minimum Gasteiger partial charge on any atom is -0.368 e. The molecule has 0 aliphatic heterocycles. The molecule has 0 N–H and O–H groups in total. The Morgan fingerprint density at radius 3 is 2.20 bits per heavy atom. The fraction of sp³-hybridized carbons (Fsp3) is 0.448. The van der Waals surface area contributed by atoms with E-state index in [1.807, 2.05) is 0 Å². The third-order valence-electron chi connectivity index (χ3n) is 7.79. The van der Waals surface area contributed by atoms with E-state index in [1.54, 1.807) is 0 Å². The maximum Gasteiger partial charge on any atom is 0.0885 e. The van der Waals surface area contributed by atoms with E-state index in [0.717, 1.165) is 11.8 Å². The number of hydrogen-bond acceptors (Lipinski definition) is 1. The Labute approximate surface area is 180 Å². The van der Waals surface area contributed by atoms with Crippen molar-refractivity contribution in [3.8, 4) is 0 Å². The van der Waals surface area contributed by atoms with Crippen LogP contribution in [0.15, 0.2) is 54.6 Å². The first-order valence-electron chi connectivity index (χ1n) is 11.8. The summed E-state index contributed by atoms with van der Waals surface area (Å²) in [4.78, 5) is 0. The highest BCUT2D eigenvalue weighted by Crippen LogP contribution is 2.42. The second-order valence-corrected chi connectivity index (χ2v) is 10.0. The molecule has 1 aliphatic rings. The number of ether oxygens (including phenoxy) is 1. The van der Waals surface area contributed by atoms with E-state index >= 15 is 0 Å². The molecule has 4 aromatic carbocycles. The average molecular weight is 399 g/mol. The number of hydrogen-bond donors (Lipinski definition) is 0. The van der Waals surface area contributed by atoms with Crippen LogP contribution in [-0.2, 0) is 10.3 Å². The van der Waals surface area contributed by atoms with E-state index < -0.39 is 0 Å². The van der Waals surface area contributed by atoms with Gasteiger partial charge in [-0.25, -0.2) is 0 Å². The lowest BCUT2D eigenvalue weighted by atomic mass is 9.78. The molecule has 1 fully saturated rings. The van der Waals surface area contributed by atoms with Crippen LogP contribution in [-0.4, -0.2) is 6.10 Å². The van der Waals surface area contributed by atoms with Crippen molar-refractivity contribution in [3.05, 3.63) is 60.2 Å². The molecule has 156 valence electrons. The van der Waals surface area contributed by atoms with Crippen LogP contribution in [0.25, 0.3) is 32.3 Å². The zero-order valence-corrected chi connectivity index (χ0v) is 18.9. The molecular weight excluding hydrogens is 364 g/mol. The molecule has 4 aromatic rings. The smallest absolute Gasteiger partial charge is 0.0885 e. The molecule has 1 atom stereocenters. The summed E-state index contributed by atoms with van der Waals surface area (Å²) < 4.78 is 6.85. The van der Waals surface area contributed by atoms with Gasteiger partial charge >= 0.3 is 0 Å². The van der Waals surface area contributed by atoms with Gasteiger partial charge in [0.25, 0.3) is 0 Å². The Hall–Kier alpha value is -2.12. The van der Waals surface area contributed by atoms with E-state index in [-0.39, 0.29) is 5.60 Å². The molecule has 0 bridgehead atoms. The Kier molecular flexibility index (Phi) is 4.98. The lowest BCUT2D eigenvalue weighted by Gasteiger charge is -2.37. The summed E-state index contributed by atoms with van der Waals surface area (Å²) in [6.07, 6.45) is 6.68. The minimum absolute atomic E-state index is 0.308. The van der Waals surface area contributed by atoms with Gasteiger partial charge in [0.1, 0.15) is 0 Å². The zero-order valence-electron chi connectivity index (χ0n) is 18.9. The molecule has 1 unspecified atom stereocenters. The molecule has 0 radical (unpaired) electrons. The van der Waals surface area contributed by atoms with E-state index in [4.69, 9.17) is 4.74 Å². The molecule has 1 nitrogen and oxygen atoms in total. The predicted molar refractivity (Wildman–Crippen MR) is 129 cm³/mol. The molecule has 0 saturated heterocycles. The summed E-state index contributed by atoms with van der Waals surface area (Å²) in [5.74, 6) is 1.72. The largest absolute Gasteiger partial charge is 0.368 e. The van der Waals surface area contributed by atoms with E-state index in [9.17, 15) is 0 Å². The third kappa shape index (κ3) is 3.28. The van der Waals surface area contributed by atoms with Crippen molar-refractivity contribution in [1.82, 2.24) is 0 Å². The molecule has 0 aromatic heterocycles. The molecule has 1 saturated carbocycles. The molecule has 0 heterocycles. The van der Waals surface area contributed by atoms with Gasteiger partial charge in [0, 0.05) is 0 Å². The summed E-state index contributed by atoms with van der Waals surface area (Å²) in [5, 5.41) is 8.09. The lowest BCUT2D eigenvalue weighted by Crippen LogP contribution is -2.32. The topological polar surface area (TPSA) is 9.23 Å². The quantitative estimate of drug-likeness (QED) is 0.306. The molecule has 5 rings (SSSR count). The lowest BCUT2D eigenvalue weighted by molar-refractivity contribution is -0.0947. The second kappa shape index (κ2) is 7.54. The van der Waals surface area contributed by atoms with E-state index in [2.05, 4.69) is 82.3 Å². The van der Waals surface area contributed by atoms with Crippen LogP contribution in [0, 0.1) is 11.8 Å². The standard InChI is InChI=1S/C29H34O/c1-5-19(2)20-14-16-24(17-15-20)30-29(3,4)26-18-23-10-6-8-21-12-13-22-9-7-11-25(26)28(22)27(21)23/h6-13,18-20,24H,5,14-17H2,1-4H3. The van der Waals surface area contributed by atoms with E-state index in [0.29, 0.717) is 6.10 Å². The van der Waals surface area contributed by atoms with Gasteiger partial charge in [-0.3, -0.25) is 0 Å². The van der Waals surface area contributed by atoms with Gasteiger partial charge in [0.15, 0.2) is 0 Å². The highest BCUT2D eigenvalue weighted by Gasteiger charge is 2.32. The van der Waals surface area contributed by atoms with Crippen molar-refractivity contribution in [1.29, 1.82) is 0 Å². The van der Waals surface area contributed by atoms with Crippen molar-refractivity contribution in [2.45, 2.75) is 71.5 Å². The van der Waals surface area contributed by atoms with Gasteiger partial charge in [0.2, 0.25) is 0 Å². The summed E-state index contributed by atoms with van der Waals surface area (Å²) >= 11 is 0. The fourth-order valence-electron chi connectivity index (χ4n) is 5.85. The molecule has 0 spiro atoms.